The molecule has 0 atom stereocenters. The van der Waals surface area contributed by atoms with E-state index in [1.165, 1.54) is 0 Å². The molecule has 0 amide bonds. The number of hydrogen-bond donors (Lipinski definition) is 2. The van der Waals surface area contributed by atoms with Crippen molar-refractivity contribution in [2.45, 2.75) is 73.5 Å². The summed E-state index contributed by atoms with van der Waals surface area (Å²) in [5.41, 5.74) is 0. The van der Waals surface area contributed by atoms with Crippen LogP contribution in [0.25, 0.3) is 0 Å². The second-order valence-corrected chi connectivity index (χ2v) is 17.0. The van der Waals surface area contributed by atoms with Crippen LogP contribution in [0.1, 0.15) is 55.4 Å². The van der Waals surface area contributed by atoms with Crippen molar-refractivity contribution < 1.29 is 33.7 Å². The molecule has 0 aromatic heterocycles. The van der Waals surface area contributed by atoms with Crippen LogP contribution < -0.4 is 0 Å². The SMILES string of the molecule is CC(C)C[O][Zr]([OH])([OH])[O][Si](CC(C)C)(CC(C)C)CC(C)C. The van der Waals surface area contributed by atoms with E-state index in [2.05, 4.69) is 41.5 Å². The molecule has 0 aromatic rings. The van der Waals surface area contributed by atoms with Gasteiger partial charge in [-0.3, -0.25) is 0 Å². The topological polar surface area (TPSA) is 58.9 Å². The van der Waals surface area contributed by atoms with Gasteiger partial charge in [0.25, 0.3) is 0 Å². The fourth-order valence-corrected chi connectivity index (χ4v) is 16.8. The van der Waals surface area contributed by atoms with E-state index < -0.39 is 30.3 Å². The summed E-state index contributed by atoms with van der Waals surface area (Å²) < 4.78 is 32.4. The number of rotatable bonds is 11. The molecule has 0 aliphatic carbocycles. The molecule has 0 unspecified atom stereocenters. The van der Waals surface area contributed by atoms with Crippen molar-refractivity contribution >= 4 is 8.32 Å². The summed E-state index contributed by atoms with van der Waals surface area (Å²) in [7, 11) is -2.22. The quantitative estimate of drug-likeness (QED) is 0.493. The maximum atomic E-state index is 10.4. The molecular formula is C16H38O4SiZr. The van der Waals surface area contributed by atoms with Gasteiger partial charge in [-0.1, -0.05) is 0 Å². The van der Waals surface area contributed by atoms with Crippen molar-refractivity contribution in [1.82, 2.24) is 0 Å². The minimum atomic E-state index is -4.85. The third kappa shape index (κ3) is 10.7. The Morgan fingerprint density at radius 1 is 0.727 bits per heavy atom. The van der Waals surface area contributed by atoms with E-state index in [1.54, 1.807) is 0 Å². The second kappa shape index (κ2) is 10.0. The van der Waals surface area contributed by atoms with Gasteiger partial charge in [0.1, 0.15) is 0 Å². The van der Waals surface area contributed by atoms with E-state index in [9.17, 15) is 6.37 Å². The predicted octanol–water partition coefficient (Wildman–Crippen LogP) is 4.39. The van der Waals surface area contributed by atoms with E-state index in [0.717, 1.165) is 18.1 Å². The first-order valence-corrected chi connectivity index (χ1v) is 15.4. The van der Waals surface area contributed by atoms with E-state index >= 15 is 0 Å². The zero-order chi connectivity index (χ0) is 17.6. The van der Waals surface area contributed by atoms with E-state index in [4.69, 9.17) is 5.32 Å². The molecule has 0 saturated carbocycles. The Bertz CT molecular complexity index is 280. The minimum absolute atomic E-state index is 0.273. The van der Waals surface area contributed by atoms with Gasteiger partial charge in [0.05, 0.1) is 0 Å². The predicted molar refractivity (Wildman–Crippen MR) is 91.0 cm³/mol. The zero-order valence-corrected chi connectivity index (χ0v) is 19.3. The molecule has 22 heavy (non-hydrogen) atoms. The molecule has 0 spiro atoms. The summed E-state index contributed by atoms with van der Waals surface area (Å²) in [5.74, 6) is 1.76. The third-order valence-electron chi connectivity index (χ3n) is 3.29. The van der Waals surface area contributed by atoms with Crippen LogP contribution in [0.4, 0.5) is 0 Å². The molecule has 0 rings (SSSR count). The Hall–Kier alpha value is 0.940. The molecule has 0 saturated heterocycles. The molecule has 0 heterocycles. The Kier molecular flexibility index (Phi) is 10.5. The van der Waals surface area contributed by atoms with E-state index in [-0.39, 0.29) is 5.92 Å². The standard InChI is InChI=1S/C12H27OSi.C4H9O.2H2O.Zr/c1-10(2)7-14(13,8-11(3)4)9-12(5)6;1-4(2)3-5;;;/h10-12H,7-9H2,1-6H3;4H,3H2,1-2H3;2*1H2;/q2*-1;;;+4/p-2. The summed E-state index contributed by atoms with van der Waals surface area (Å²) in [5, 5.41) is 0. The number of hydrogen-bond acceptors (Lipinski definition) is 4. The van der Waals surface area contributed by atoms with Crippen LogP contribution in [0.2, 0.25) is 18.1 Å². The van der Waals surface area contributed by atoms with Gasteiger partial charge in [0, 0.05) is 0 Å². The van der Waals surface area contributed by atoms with Gasteiger partial charge in [-0.25, -0.2) is 0 Å². The average molecular weight is 414 g/mol. The summed E-state index contributed by atoms with van der Waals surface area (Å²) >= 11 is -4.85. The van der Waals surface area contributed by atoms with Gasteiger partial charge in [0.15, 0.2) is 0 Å². The van der Waals surface area contributed by atoms with Gasteiger partial charge in [0.2, 0.25) is 0 Å². The Morgan fingerprint density at radius 3 is 1.36 bits per heavy atom. The Balaban J connectivity index is 5.23. The summed E-state index contributed by atoms with van der Waals surface area (Å²) in [6.07, 6.45) is 0. The van der Waals surface area contributed by atoms with Crippen molar-refractivity contribution in [2.24, 2.45) is 23.7 Å². The molecule has 0 radical (unpaired) electrons. The molecule has 0 fully saturated rings. The van der Waals surface area contributed by atoms with Crippen molar-refractivity contribution in [3.8, 4) is 0 Å². The molecule has 2 N–H and O–H groups in total. The van der Waals surface area contributed by atoms with Gasteiger partial charge < -0.3 is 0 Å². The molecule has 4 nitrogen and oxygen atoms in total. The molecular weight excluding hydrogens is 375 g/mol. The second-order valence-electron chi connectivity index (χ2n) is 8.33. The monoisotopic (exact) mass is 412 g/mol. The first-order valence-electron chi connectivity index (χ1n) is 8.66. The van der Waals surface area contributed by atoms with Gasteiger partial charge >= 0.3 is 146 Å². The van der Waals surface area contributed by atoms with Crippen LogP contribution in [-0.2, 0) is 27.3 Å². The molecule has 0 aromatic carbocycles. The van der Waals surface area contributed by atoms with Crippen LogP contribution >= 0.6 is 0 Å². The normalized spacial score (nSPS) is 13.9. The average Bonchev–Trinajstić information content (AvgIpc) is 2.21. The van der Waals surface area contributed by atoms with Crippen LogP contribution in [0.3, 0.4) is 0 Å². The molecule has 0 aliphatic rings. The Labute approximate surface area is 145 Å². The van der Waals surface area contributed by atoms with Gasteiger partial charge in [-0.15, -0.1) is 0 Å². The van der Waals surface area contributed by atoms with Crippen LogP contribution in [-0.4, -0.2) is 21.3 Å². The zero-order valence-electron chi connectivity index (χ0n) is 15.8. The van der Waals surface area contributed by atoms with Crippen molar-refractivity contribution in [2.75, 3.05) is 6.61 Å². The van der Waals surface area contributed by atoms with Crippen LogP contribution in [0, 0.1) is 23.7 Å². The summed E-state index contributed by atoms with van der Waals surface area (Å²) in [6.45, 7) is 17.5. The van der Waals surface area contributed by atoms with Gasteiger partial charge in [-0.05, 0) is 0 Å². The van der Waals surface area contributed by atoms with Crippen molar-refractivity contribution in [3.05, 3.63) is 0 Å². The van der Waals surface area contributed by atoms with E-state index in [0.29, 0.717) is 24.4 Å². The molecule has 6 heteroatoms. The van der Waals surface area contributed by atoms with Crippen LogP contribution in [0.5, 0.6) is 0 Å². The molecule has 134 valence electrons. The fraction of sp³-hybridized carbons (Fsp3) is 1.00. The molecule has 0 aliphatic heterocycles. The summed E-state index contributed by atoms with van der Waals surface area (Å²) in [4.78, 5) is 0. The fourth-order valence-electron chi connectivity index (χ4n) is 3.19. The maximum absolute atomic E-state index is 10.4. The van der Waals surface area contributed by atoms with E-state index in [1.807, 2.05) is 13.8 Å². The Morgan fingerprint density at radius 2 is 1.09 bits per heavy atom. The first-order chi connectivity index (χ1) is 9.87. The van der Waals surface area contributed by atoms with Crippen LogP contribution in [0.15, 0.2) is 0 Å². The van der Waals surface area contributed by atoms with Crippen molar-refractivity contribution in [3.63, 3.8) is 0 Å². The first kappa shape index (κ1) is 22.9. The van der Waals surface area contributed by atoms with Gasteiger partial charge in [-0.2, -0.15) is 0 Å². The third-order valence-corrected chi connectivity index (χ3v) is 15.2. The molecule has 0 bridgehead atoms. The van der Waals surface area contributed by atoms with Crippen molar-refractivity contribution in [1.29, 1.82) is 0 Å². The summed E-state index contributed by atoms with van der Waals surface area (Å²) in [6, 6.07) is 2.90.